The van der Waals surface area contributed by atoms with E-state index in [0.29, 0.717) is 24.6 Å². The average Bonchev–Trinajstić information content (AvgIpc) is 3.01. The van der Waals surface area contributed by atoms with Crippen molar-refractivity contribution in [2.75, 3.05) is 6.54 Å². The van der Waals surface area contributed by atoms with E-state index in [1.807, 2.05) is 12.1 Å². The van der Waals surface area contributed by atoms with Crippen LogP contribution in [-0.2, 0) is 4.79 Å². The highest BCUT2D eigenvalue weighted by Gasteiger charge is 2.12. The molecule has 5 nitrogen and oxygen atoms in total. The number of rotatable bonds is 7. The number of furan rings is 1. The summed E-state index contributed by atoms with van der Waals surface area (Å²) >= 11 is 0. The van der Waals surface area contributed by atoms with Crippen LogP contribution in [0.4, 0.5) is 0 Å². The van der Waals surface area contributed by atoms with Crippen LogP contribution in [0.1, 0.15) is 48.7 Å². The van der Waals surface area contributed by atoms with E-state index in [-0.39, 0.29) is 18.1 Å². The molecule has 2 aromatic rings. The van der Waals surface area contributed by atoms with Crippen molar-refractivity contribution in [1.82, 2.24) is 5.32 Å². The minimum atomic E-state index is -0.871. The third-order valence-corrected chi connectivity index (χ3v) is 3.52. The van der Waals surface area contributed by atoms with Gasteiger partial charge in [0.25, 0.3) is 5.91 Å². The van der Waals surface area contributed by atoms with Gasteiger partial charge in [0.1, 0.15) is 5.76 Å². The van der Waals surface area contributed by atoms with Crippen molar-refractivity contribution in [2.24, 2.45) is 0 Å². The molecule has 0 atom stereocenters. The molecule has 0 saturated carbocycles. The zero-order chi connectivity index (χ0) is 16.8. The number of nitrogens with one attached hydrogen (secondary N) is 1. The average molecular weight is 315 g/mol. The van der Waals surface area contributed by atoms with Crippen molar-refractivity contribution in [3.63, 3.8) is 0 Å². The molecule has 1 heterocycles. The zero-order valence-corrected chi connectivity index (χ0v) is 13.3. The second kappa shape index (κ2) is 7.63. The first-order valence-corrected chi connectivity index (χ1v) is 7.67. The maximum Gasteiger partial charge on any atom is 0.303 e. The summed E-state index contributed by atoms with van der Waals surface area (Å²) in [6.45, 7) is 4.55. The zero-order valence-electron chi connectivity index (χ0n) is 13.3. The monoisotopic (exact) mass is 315 g/mol. The first kappa shape index (κ1) is 16.8. The number of carboxylic acids is 1. The minimum Gasteiger partial charge on any atom is -0.481 e. The van der Waals surface area contributed by atoms with E-state index < -0.39 is 5.97 Å². The fourth-order valence-corrected chi connectivity index (χ4v) is 2.19. The molecule has 1 aromatic carbocycles. The Labute approximate surface area is 135 Å². The third kappa shape index (κ3) is 4.71. The molecule has 122 valence electrons. The first-order valence-electron chi connectivity index (χ1n) is 7.67. The number of hydrogen-bond acceptors (Lipinski definition) is 3. The maximum absolute atomic E-state index is 12.0. The van der Waals surface area contributed by atoms with Crippen molar-refractivity contribution in [2.45, 2.75) is 32.6 Å². The van der Waals surface area contributed by atoms with E-state index in [1.54, 1.807) is 12.1 Å². The Kier molecular flexibility index (Phi) is 5.57. The summed E-state index contributed by atoms with van der Waals surface area (Å²) < 4.78 is 5.62. The highest BCUT2D eigenvalue weighted by Crippen LogP contribution is 2.25. The van der Waals surface area contributed by atoms with Gasteiger partial charge in [-0.2, -0.15) is 0 Å². The lowest BCUT2D eigenvalue weighted by atomic mass is 10.0. The van der Waals surface area contributed by atoms with Crippen LogP contribution in [0.2, 0.25) is 0 Å². The van der Waals surface area contributed by atoms with Gasteiger partial charge < -0.3 is 14.8 Å². The fraction of sp³-hybridized carbons (Fsp3) is 0.333. The molecule has 0 aliphatic heterocycles. The van der Waals surface area contributed by atoms with Crippen molar-refractivity contribution < 1.29 is 19.1 Å². The normalized spacial score (nSPS) is 10.7. The Balaban J connectivity index is 2.01. The molecule has 2 rings (SSSR count). The molecule has 0 saturated heterocycles. The summed E-state index contributed by atoms with van der Waals surface area (Å²) in [5.74, 6) is 0.0848. The molecule has 0 radical (unpaired) electrons. The van der Waals surface area contributed by atoms with Gasteiger partial charge in [-0.25, -0.2) is 0 Å². The number of carbonyl (C=O) groups excluding carboxylic acids is 1. The van der Waals surface area contributed by atoms with Crippen LogP contribution in [0.15, 0.2) is 40.8 Å². The second-order valence-electron chi connectivity index (χ2n) is 5.70. The molecule has 0 bridgehead atoms. The quantitative estimate of drug-likeness (QED) is 0.764. The predicted molar refractivity (Wildman–Crippen MR) is 87.4 cm³/mol. The van der Waals surface area contributed by atoms with Gasteiger partial charge in [-0.05, 0) is 36.1 Å². The van der Waals surface area contributed by atoms with Crippen molar-refractivity contribution >= 4 is 11.9 Å². The van der Waals surface area contributed by atoms with Crippen LogP contribution >= 0.6 is 0 Å². The largest absolute Gasteiger partial charge is 0.481 e. The predicted octanol–water partition coefficient (Wildman–Crippen LogP) is 3.66. The number of aliphatic carboxylic acids is 1. The van der Waals surface area contributed by atoms with Gasteiger partial charge in [-0.1, -0.05) is 32.0 Å². The molecule has 0 fully saturated rings. The maximum atomic E-state index is 12.0. The van der Waals surface area contributed by atoms with Gasteiger partial charge in [0.15, 0.2) is 5.76 Å². The molecule has 1 aromatic heterocycles. The summed E-state index contributed by atoms with van der Waals surface area (Å²) in [6.07, 6.45) is 0.427. The van der Waals surface area contributed by atoms with E-state index in [1.165, 1.54) is 5.56 Å². The lowest BCUT2D eigenvalue weighted by molar-refractivity contribution is -0.137. The van der Waals surface area contributed by atoms with Crippen LogP contribution in [0.3, 0.4) is 0 Å². The summed E-state index contributed by atoms with van der Waals surface area (Å²) in [4.78, 5) is 22.4. The van der Waals surface area contributed by atoms with Crippen LogP contribution in [-0.4, -0.2) is 23.5 Å². The minimum absolute atomic E-state index is 0.0334. The van der Waals surface area contributed by atoms with Gasteiger partial charge in [0.2, 0.25) is 0 Å². The van der Waals surface area contributed by atoms with Crippen LogP contribution < -0.4 is 5.32 Å². The van der Waals surface area contributed by atoms with Crippen molar-refractivity contribution in [3.05, 3.63) is 47.7 Å². The van der Waals surface area contributed by atoms with Gasteiger partial charge in [0.05, 0.1) is 0 Å². The Morgan fingerprint density at radius 1 is 1.22 bits per heavy atom. The molecule has 1 amide bonds. The van der Waals surface area contributed by atoms with Gasteiger partial charge in [0, 0.05) is 18.5 Å². The summed E-state index contributed by atoms with van der Waals surface area (Å²) in [7, 11) is 0. The summed E-state index contributed by atoms with van der Waals surface area (Å²) in [6, 6.07) is 11.4. The molecule has 5 heteroatoms. The van der Waals surface area contributed by atoms with E-state index >= 15 is 0 Å². The number of amides is 1. The molecular formula is C18H21NO4. The highest BCUT2D eigenvalue weighted by molar-refractivity contribution is 5.92. The molecular weight excluding hydrogens is 294 g/mol. The highest BCUT2D eigenvalue weighted by atomic mass is 16.4. The van der Waals surface area contributed by atoms with Gasteiger partial charge in [-0.3, -0.25) is 9.59 Å². The van der Waals surface area contributed by atoms with E-state index in [9.17, 15) is 9.59 Å². The van der Waals surface area contributed by atoms with Gasteiger partial charge >= 0.3 is 5.97 Å². The smallest absolute Gasteiger partial charge is 0.303 e. The number of carbonyl (C=O) groups is 2. The summed E-state index contributed by atoms with van der Waals surface area (Å²) in [5, 5.41) is 11.2. The second-order valence-corrected chi connectivity index (χ2v) is 5.70. The Morgan fingerprint density at radius 2 is 2.00 bits per heavy atom. The molecule has 0 aliphatic carbocycles. The SMILES string of the molecule is CC(C)c1cccc(-c2ccc(C(=O)NCCCC(=O)O)o2)c1. The van der Waals surface area contributed by atoms with Crippen LogP contribution in [0.5, 0.6) is 0 Å². The molecule has 23 heavy (non-hydrogen) atoms. The summed E-state index contributed by atoms with van der Waals surface area (Å²) in [5.41, 5.74) is 2.14. The van der Waals surface area contributed by atoms with Crippen LogP contribution in [0, 0.1) is 0 Å². The fourth-order valence-electron chi connectivity index (χ4n) is 2.19. The van der Waals surface area contributed by atoms with Crippen molar-refractivity contribution in [1.29, 1.82) is 0 Å². The molecule has 0 spiro atoms. The molecule has 2 N–H and O–H groups in total. The van der Waals surface area contributed by atoms with E-state index in [0.717, 1.165) is 5.56 Å². The van der Waals surface area contributed by atoms with Crippen molar-refractivity contribution in [3.8, 4) is 11.3 Å². The van der Waals surface area contributed by atoms with E-state index in [2.05, 4.69) is 31.3 Å². The number of hydrogen-bond donors (Lipinski definition) is 2. The van der Waals surface area contributed by atoms with Crippen LogP contribution in [0.25, 0.3) is 11.3 Å². The Hall–Kier alpha value is -2.56. The number of carboxylic acid groups (broad SMARTS) is 1. The molecule has 0 unspecified atom stereocenters. The standard InChI is InChI=1S/C18H21NO4/c1-12(2)13-5-3-6-14(11-13)15-8-9-16(23-15)18(22)19-10-4-7-17(20)21/h3,5-6,8-9,11-12H,4,7,10H2,1-2H3,(H,19,22)(H,20,21). The first-order chi connectivity index (χ1) is 11.0. The number of benzene rings is 1. The topological polar surface area (TPSA) is 79.5 Å². The molecule has 0 aliphatic rings. The van der Waals surface area contributed by atoms with E-state index in [4.69, 9.17) is 9.52 Å². The third-order valence-electron chi connectivity index (χ3n) is 3.52. The lowest BCUT2D eigenvalue weighted by Gasteiger charge is -2.06. The lowest BCUT2D eigenvalue weighted by Crippen LogP contribution is -2.24. The Morgan fingerprint density at radius 3 is 2.70 bits per heavy atom. The Bertz CT molecular complexity index is 688. The van der Waals surface area contributed by atoms with Gasteiger partial charge in [-0.15, -0.1) is 0 Å².